The minimum absolute atomic E-state index is 0.0156. The summed E-state index contributed by atoms with van der Waals surface area (Å²) in [6.45, 7) is -0.155. The lowest BCUT2D eigenvalue weighted by Gasteiger charge is -2.24. The van der Waals surface area contributed by atoms with Crippen molar-refractivity contribution in [2.75, 3.05) is 6.61 Å². The molecule has 7 heteroatoms. The van der Waals surface area contributed by atoms with E-state index >= 15 is 0 Å². The monoisotopic (exact) mass is 364 g/mol. The molecule has 0 bridgehead atoms. The molecule has 2 aromatic heterocycles. The Morgan fingerprint density at radius 2 is 2.11 bits per heavy atom. The number of aromatic hydroxyl groups is 1. The number of nitrogens with zero attached hydrogens (tertiary/aromatic N) is 3. The van der Waals surface area contributed by atoms with Gasteiger partial charge in [-0.3, -0.25) is 4.79 Å². The first-order valence-electron chi connectivity index (χ1n) is 8.91. The van der Waals surface area contributed by atoms with Crippen molar-refractivity contribution in [3.05, 3.63) is 66.1 Å². The molecule has 0 radical (unpaired) electrons. The summed E-state index contributed by atoms with van der Waals surface area (Å²) >= 11 is 0. The fourth-order valence-electron chi connectivity index (χ4n) is 3.34. The summed E-state index contributed by atoms with van der Waals surface area (Å²) in [5.74, 6) is 0.845. The van der Waals surface area contributed by atoms with Crippen LogP contribution >= 0.6 is 0 Å². The second kappa shape index (κ2) is 7.49. The van der Waals surface area contributed by atoms with Crippen molar-refractivity contribution in [2.24, 2.45) is 0 Å². The van der Waals surface area contributed by atoms with Gasteiger partial charge in [-0.25, -0.2) is 9.67 Å². The first kappa shape index (κ1) is 17.1. The number of hydrogen-bond acceptors (Lipinski definition) is 5. The number of rotatable bonds is 5. The van der Waals surface area contributed by atoms with Gasteiger partial charge in [0.15, 0.2) is 23.9 Å². The SMILES string of the molecule is O=C(COc1ccccc1O)N[C@H]1CCCc2c1cnn2-c1ccccn1. The first-order chi connectivity index (χ1) is 13.2. The first-order valence-corrected chi connectivity index (χ1v) is 8.91. The summed E-state index contributed by atoms with van der Waals surface area (Å²) in [6.07, 6.45) is 6.24. The predicted molar refractivity (Wildman–Crippen MR) is 98.8 cm³/mol. The van der Waals surface area contributed by atoms with Crippen LogP contribution in [-0.2, 0) is 11.2 Å². The van der Waals surface area contributed by atoms with Gasteiger partial charge in [0.2, 0.25) is 0 Å². The van der Waals surface area contributed by atoms with Crippen molar-refractivity contribution in [2.45, 2.75) is 25.3 Å². The Morgan fingerprint density at radius 1 is 1.26 bits per heavy atom. The van der Waals surface area contributed by atoms with E-state index in [-0.39, 0.29) is 24.3 Å². The highest BCUT2D eigenvalue weighted by atomic mass is 16.5. The highest BCUT2D eigenvalue weighted by Gasteiger charge is 2.26. The molecule has 2 N–H and O–H groups in total. The Hall–Kier alpha value is -3.35. The molecule has 0 unspecified atom stereocenters. The molecule has 27 heavy (non-hydrogen) atoms. The van der Waals surface area contributed by atoms with Crippen molar-refractivity contribution in [3.8, 4) is 17.3 Å². The zero-order chi connectivity index (χ0) is 18.6. The van der Waals surface area contributed by atoms with Crippen LogP contribution in [-0.4, -0.2) is 32.4 Å². The van der Waals surface area contributed by atoms with Crippen molar-refractivity contribution < 1.29 is 14.6 Å². The minimum Gasteiger partial charge on any atom is -0.504 e. The van der Waals surface area contributed by atoms with Gasteiger partial charge in [0, 0.05) is 11.8 Å². The molecule has 138 valence electrons. The van der Waals surface area contributed by atoms with Gasteiger partial charge < -0.3 is 15.2 Å². The fourth-order valence-corrected chi connectivity index (χ4v) is 3.34. The number of phenolic OH excluding ortho intramolecular Hbond substituents is 1. The second-order valence-corrected chi connectivity index (χ2v) is 6.42. The van der Waals surface area contributed by atoms with E-state index in [0.717, 1.165) is 36.3 Å². The van der Waals surface area contributed by atoms with Crippen LogP contribution in [0, 0.1) is 0 Å². The Bertz CT molecular complexity index is 939. The molecule has 1 amide bonds. The molecule has 0 spiro atoms. The van der Waals surface area contributed by atoms with Crippen LogP contribution < -0.4 is 10.1 Å². The fraction of sp³-hybridized carbons (Fsp3) is 0.250. The molecule has 1 aromatic carbocycles. The Kier molecular flexibility index (Phi) is 4.74. The molecule has 0 aliphatic heterocycles. The van der Waals surface area contributed by atoms with Gasteiger partial charge in [-0.1, -0.05) is 18.2 Å². The van der Waals surface area contributed by atoms with Gasteiger partial charge >= 0.3 is 0 Å². The van der Waals surface area contributed by atoms with Crippen molar-refractivity contribution in [3.63, 3.8) is 0 Å². The number of benzene rings is 1. The number of pyridine rings is 1. The van der Waals surface area contributed by atoms with E-state index in [1.807, 2.05) is 22.9 Å². The van der Waals surface area contributed by atoms with E-state index in [9.17, 15) is 9.90 Å². The minimum atomic E-state index is -0.235. The number of nitrogens with one attached hydrogen (secondary N) is 1. The van der Waals surface area contributed by atoms with Gasteiger partial charge in [-0.05, 0) is 43.5 Å². The molecule has 0 saturated carbocycles. The molecule has 0 fully saturated rings. The molecule has 2 heterocycles. The Labute approximate surface area is 156 Å². The number of ether oxygens (including phenoxy) is 1. The van der Waals surface area contributed by atoms with Crippen molar-refractivity contribution in [1.82, 2.24) is 20.1 Å². The summed E-state index contributed by atoms with van der Waals surface area (Å²) in [7, 11) is 0. The molecule has 3 aromatic rings. The van der Waals surface area contributed by atoms with Gasteiger partial charge in [0.1, 0.15) is 0 Å². The Morgan fingerprint density at radius 3 is 2.93 bits per heavy atom. The molecule has 1 aliphatic rings. The standard InChI is InChI=1S/C20H20N4O3/c25-17-8-1-2-9-18(17)27-13-20(26)23-15-6-5-7-16-14(15)12-22-24(16)19-10-3-4-11-21-19/h1-4,8-12,15,25H,5-7,13H2,(H,23,26)/t15-/m0/s1. The molecular formula is C20H20N4O3. The molecule has 0 saturated heterocycles. The third kappa shape index (κ3) is 3.62. The van der Waals surface area contributed by atoms with E-state index in [2.05, 4.69) is 15.4 Å². The summed E-state index contributed by atoms with van der Waals surface area (Å²) in [6, 6.07) is 12.2. The Balaban J connectivity index is 1.45. The van der Waals surface area contributed by atoms with Gasteiger partial charge in [-0.15, -0.1) is 0 Å². The number of phenols is 1. The van der Waals surface area contributed by atoms with E-state index < -0.39 is 0 Å². The van der Waals surface area contributed by atoms with Crippen LogP contribution in [0.2, 0.25) is 0 Å². The molecule has 4 rings (SSSR count). The lowest BCUT2D eigenvalue weighted by molar-refractivity contribution is -0.124. The zero-order valence-electron chi connectivity index (χ0n) is 14.7. The van der Waals surface area contributed by atoms with Gasteiger partial charge in [0.25, 0.3) is 5.91 Å². The molecule has 7 nitrogen and oxygen atoms in total. The van der Waals surface area contributed by atoms with E-state index in [1.54, 1.807) is 30.6 Å². The van der Waals surface area contributed by atoms with Crippen LogP contribution in [0.1, 0.15) is 30.1 Å². The highest BCUT2D eigenvalue weighted by Crippen LogP contribution is 2.31. The van der Waals surface area contributed by atoms with Crippen LogP contribution in [0.25, 0.3) is 5.82 Å². The van der Waals surface area contributed by atoms with Crippen molar-refractivity contribution in [1.29, 1.82) is 0 Å². The number of carbonyl (C=O) groups excluding carboxylic acids is 1. The zero-order valence-corrected chi connectivity index (χ0v) is 14.7. The van der Waals surface area contributed by atoms with E-state index in [1.165, 1.54) is 6.07 Å². The second-order valence-electron chi connectivity index (χ2n) is 6.42. The number of aromatic nitrogens is 3. The normalized spacial score (nSPS) is 15.8. The predicted octanol–water partition coefficient (Wildman–Crippen LogP) is 2.55. The van der Waals surface area contributed by atoms with Gasteiger partial charge in [-0.2, -0.15) is 5.10 Å². The lowest BCUT2D eigenvalue weighted by Crippen LogP contribution is -2.34. The number of amides is 1. The topological polar surface area (TPSA) is 89.3 Å². The van der Waals surface area contributed by atoms with E-state index in [0.29, 0.717) is 5.75 Å². The van der Waals surface area contributed by atoms with Crippen LogP contribution in [0.4, 0.5) is 0 Å². The maximum Gasteiger partial charge on any atom is 0.258 e. The average molecular weight is 364 g/mol. The average Bonchev–Trinajstić information content (AvgIpc) is 3.13. The molecule has 1 atom stereocenters. The van der Waals surface area contributed by atoms with Crippen molar-refractivity contribution >= 4 is 5.91 Å². The van der Waals surface area contributed by atoms with Crippen LogP contribution in [0.5, 0.6) is 11.5 Å². The third-order valence-electron chi connectivity index (χ3n) is 4.61. The lowest BCUT2D eigenvalue weighted by atomic mass is 9.93. The van der Waals surface area contributed by atoms with Crippen LogP contribution in [0.3, 0.4) is 0 Å². The van der Waals surface area contributed by atoms with Crippen LogP contribution in [0.15, 0.2) is 54.9 Å². The number of para-hydroxylation sites is 2. The number of carbonyl (C=O) groups is 1. The highest BCUT2D eigenvalue weighted by molar-refractivity contribution is 5.78. The summed E-state index contributed by atoms with van der Waals surface area (Å²) < 4.78 is 7.25. The molecule has 1 aliphatic carbocycles. The maximum absolute atomic E-state index is 12.3. The van der Waals surface area contributed by atoms with E-state index in [4.69, 9.17) is 4.74 Å². The number of fused-ring (bicyclic) bond motifs is 1. The van der Waals surface area contributed by atoms with Gasteiger partial charge in [0.05, 0.1) is 17.9 Å². The number of hydrogen-bond donors (Lipinski definition) is 2. The molecular weight excluding hydrogens is 344 g/mol. The summed E-state index contributed by atoms with van der Waals surface area (Å²) in [5.41, 5.74) is 2.09. The quantitative estimate of drug-likeness (QED) is 0.726. The smallest absolute Gasteiger partial charge is 0.258 e. The summed E-state index contributed by atoms with van der Waals surface area (Å²) in [4.78, 5) is 16.7. The maximum atomic E-state index is 12.3. The third-order valence-corrected chi connectivity index (χ3v) is 4.61. The summed E-state index contributed by atoms with van der Waals surface area (Å²) in [5, 5.41) is 17.2. The largest absolute Gasteiger partial charge is 0.504 e.